The average Bonchev–Trinajstić information content (AvgIpc) is 3.12. The highest BCUT2D eigenvalue weighted by Crippen LogP contribution is 2.14. The molecule has 2 aromatic heterocycles. The molecular weight excluding hydrogens is 256 g/mol. The number of nitrogens with zero attached hydrogens (tertiary/aromatic N) is 4. The summed E-state index contributed by atoms with van der Waals surface area (Å²) in [5.74, 6) is 0.164. The van der Waals surface area contributed by atoms with Gasteiger partial charge in [0.25, 0.3) is 0 Å². The Morgan fingerprint density at radius 2 is 2.10 bits per heavy atom. The fourth-order valence-corrected chi connectivity index (χ4v) is 2.52. The third-order valence-electron chi connectivity index (χ3n) is 3.61. The third kappa shape index (κ3) is 2.60. The lowest BCUT2D eigenvalue weighted by atomic mass is 10.2. The number of fused-ring (bicyclic) bond motifs is 1. The minimum absolute atomic E-state index is 0.0540. The van der Waals surface area contributed by atoms with Crippen molar-refractivity contribution in [3.05, 3.63) is 42.0 Å². The summed E-state index contributed by atoms with van der Waals surface area (Å²) in [7, 11) is 0. The quantitative estimate of drug-likeness (QED) is 0.888. The van der Waals surface area contributed by atoms with Crippen molar-refractivity contribution < 1.29 is 9.90 Å². The molecule has 0 saturated carbocycles. The van der Waals surface area contributed by atoms with E-state index in [9.17, 15) is 4.79 Å². The molecule has 1 N–H and O–H groups in total. The molecule has 0 aliphatic carbocycles. The summed E-state index contributed by atoms with van der Waals surface area (Å²) < 4.78 is 3.89. The van der Waals surface area contributed by atoms with Crippen molar-refractivity contribution in [3.8, 4) is 0 Å². The number of rotatable bonds is 4. The summed E-state index contributed by atoms with van der Waals surface area (Å²) in [6.07, 6.45) is 4.44. The van der Waals surface area contributed by atoms with Crippen molar-refractivity contribution in [3.63, 3.8) is 0 Å². The van der Waals surface area contributed by atoms with E-state index in [1.54, 1.807) is 0 Å². The zero-order valence-corrected chi connectivity index (χ0v) is 11.3. The fourth-order valence-electron chi connectivity index (χ4n) is 2.52. The smallest absolute Gasteiger partial charge is 0.224 e. The predicted molar refractivity (Wildman–Crippen MR) is 72.6 cm³/mol. The molecule has 0 saturated heterocycles. The number of carbonyl (C=O) groups is 1. The molecule has 1 aliphatic heterocycles. The van der Waals surface area contributed by atoms with Crippen LogP contribution in [-0.4, -0.2) is 36.8 Å². The Bertz CT molecular complexity index is 588. The first-order valence-electron chi connectivity index (χ1n) is 6.81. The summed E-state index contributed by atoms with van der Waals surface area (Å²) in [5, 5.41) is 13.4. The molecule has 0 bridgehead atoms. The van der Waals surface area contributed by atoms with Crippen LogP contribution in [0.2, 0.25) is 0 Å². The number of aliphatic hydroxyl groups excluding tert-OH is 1. The van der Waals surface area contributed by atoms with E-state index < -0.39 is 0 Å². The van der Waals surface area contributed by atoms with Crippen LogP contribution in [-0.2, 0) is 31.0 Å². The van der Waals surface area contributed by atoms with E-state index in [1.165, 1.54) is 0 Å². The lowest BCUT2D eigenvalue weighted by molar-refractivity contribution is -0.132. The molecular formula is C14H18N4O2. The van der Waals surface area contributed by atoms with Crippen LogP contribution >= 0.6 is 0 Å². The van der Waals surface area contributed by atoms with Gasteiger partial charge in [0.05, 0.1) is 31.1 Å². The van der Waals surface area contributed by atoms with Crippen LogP contribution in [0.4, 0.5) is 0 Å². The van der Waals surface area contributed by atoms with Gasteiger partial charge in [-0.25, -0.2) is 0 Å². The summed E-state index contributed by atoms with van der Waals surface area (Å²) in [4.78, 5) is 14.1. The van der Waals surface area contributed by atoms with Crippen LogP contribution in [0.15, 0.2) is 30.6 Å². The molecule has 0 spiro atoms. The summed E-state index contributed by atoms with van der Waals surface area (Å²) in [6.45, 7) is 2.62. The maximum Gasteiger partial charge on any atom is 0.224 e. The topological polar surface area (TPSA) is 63.3 Å². The van der Waals surface area contributed by atoms with Gasteiger partial charge in [-0.1, -0.05) is 0 Å². The molecule has 0 unspecified atom stereocenters. The van der Waals surface area contributed by atoms with Gasteiger partial charge in [-0.2, -0.15) is 5.10 Å². The zero-order chi connectivity index (χ0) is 13.9. The van der Waals surface area contributed by atoms with E-state index >= 15 is 0 Å². The second-order valence-corrected chi connectivity index (χ2v) is 4.99. The van der Waals surface area contributed by atoms with Crippen molar-refractivity contribution in [1.82, 2.24) is 19.2 Å². The Balaban J connectivity index is 1.59. The van der Waals surface area contributed by atoms with Gasteiger partial charge >= 0.3 is 0 Å². The lowest BCUT2D eigenvalue weighted by Crippen LogP contribution is -2.38. The van der Waals surface area contributed by atoms with Crippen LogP contribution in [0.5, 0.6) is 0 Å². The molecule has 6 nitrogen and oxygen atoms in total. The van der Waals surface area contributed by atoms with E-state index in [0.717, 1.165) is 5.69 Å². The number of hydrogen-bond donors (Lipinski definition) is 1. The molecule has 1 amide bonds. The predicted octanol–water partition coefficient (Wildman–Crippen LogP) is 0.609. The van der Waals surface area contributed by atoms with Crippen molar-refractivity contribution in [1.29, 1.82) is 0 Å². The highest BCUT2D eigenvalue weighted by atomic mass is 16.3. The van der Waals surface area contributed by atoms with Crippen molar-refractivity contribution in [2.24, 2.45) is 0 Å². The van der Waals surface area contributed by atoms with E-state index in [-0.39, 0.29) is 12.5 Å². The highest BCUT2D eigenvalue weighted by molar-refractivity contribution is 5.76. The van der Waals surface area contributed by atoms with Gasteiger partial charge in [-0.05, 0) is 18.2 Å². The van der Waals surface area contributed by atoms with Gasteiger partial charge in [-0.3, -0.25) is 9.48 Å². The van der Waals surface area contributed by atoms with E-state index in [1.807, 2.05) is 44.7 Å². The van der Waals surface area contributed by atoms with Crippen LogP contribution in [0.25, 0.3) is 0 Å². The van der Waals surface area contributed by atoms with Gasteiger partial charge in [0.15, 0.2) is 0 Å². The Kier molecular flexibility index (Phi) is 3.56. The molecule has 0 aromatic carbocycles. The zero-order valence-electron chi connectivity index (χ0n) is 11.3. The molecule has 20 heavy (non-hydrogen) atoms. The van der Waals surface area contributed by atoms with Crippen molar-refractivity contribution in [2.75, 3.05) is 6.54 Å². The number of hydrogen-bond acceptors (Lipinski definition) is 3. The van der Waals surface area contributed by atoms with Gasteiger partial charge in [-0.15, -0.1) is 0 Å². The fraction of sp³-hybridized carbons (Fsp3) is 0.429. The first-order chi connectivity index (χ1) is 9.76. The van der Waals surface area contributed by atoms with E-state index in [2.05, 4.69) is 5.10 Å². The lowest BCUT2D eigenvalue weighted by Gasteiger charge is -2.27. The molecule has 0 fully saturated rings. The summed E-state index contributed by atoms with van der Waals surface area (Å²) >= 11 is 0. The van der Waals surface area contributed by atoms with E-state index in [0.29, 0.717) is 38.3 Å². The van der Waals surface area contributed by atoms with Crippen molar-refractivity contribution >= 4 is 5.91 Å². The second-order valence-electron chi connectivity index (χ2n) is 4.99. The Morgan fingerprint density at radius 3 is 2.85 bits per heavy atom. The van der Waals surface area contributed by atoms with Crippen LogP contribution in [0.3, 0.4) is 0 Å². The Morgan fingerprint density at radius 1 is 1.30 bits per heavy atom. The SMILES string of the molecule is O=C(CCn1cccc1)N1CCn2nc(CO)cc2C1. The molecule has 0 radical (unpaired) electrons. The number of aliphatic hydroxyl groups is 1. The monoisotopic (exact) mass is 274 g/mol. The minimum Gasteiger partial charge on any atom is -0.390 e. The van der Waals surface area contributed by atoms with Gasteiger partial charge in [0.1, 0.15) is 0 Å². The van der Waals surface area contributed by atoms with Gasteiger partial charge in [0, 0.05) is 31.9 Å². The maximum atomic E-state index is 12.2. The van der Waals surface area contributed by atoms with Crippen LogP contribution in [0, 0.1) is 0 Å². The molecule has 0 atom stereocenters. The standard InChI is InChI=1S/C14H18N4O2/c19-11-12-9-13-10-17(7-8-18(13)15-12)14(20)3-6-16-4-1-2-5-16/h1-2,4-5,9,19H,3,6-8,10-11H2. The molecule has 106 valence electrons. The first kappa shape index (κ1) is 12.9. The minimum atomic E-state index is -0.0540. The maximum absolute atomic E-state index is 12.2. The average molecular weight is 274 g/mol. The molecule has 1 aliphatic rings. The van der Waals surface area contributed by atoms with Crippen LogP contribution in [0.1, 0.15) is 17.8 Å². The molecule has 6 heteroatoms. The molecule has 3 rings (SSSR count). The number of carbonyl (C=O) groups excluding carboxylic acids is 1. The first-order valence-corrected chi connectivity index (χ1v) is 6.81. The van der Waals surface area contributed by atoms with E-state index in [4.69, 9.17) is 5.11 Å². The Labute approximate surface area is 117 Å². The third-order valence-corrected chi connectivity index (χ3v) is 3.61. The molecule has 2 aromatic rings. The second kappa shape index (κ2) is 5.50. The van der Waals surface area contributed by atoms with Crippen LogP contribution < -0.4 is 0 Å². The number of aryl methyl sites for hydroxylation is 1. The number of aromatic nitrogens is 3. The highest BCUT2D eigenvalue weighted by Gasteiger charge is 2.21. The van der Waals surface area contributed by atoms with Crippen molar-refractivity contribution in [2.45, 2.75) is 32.7 Å². The normalized spacial score (nSPS) is 14.3. The molecule has 3 heterocycles. The summed E-state index contributed by atoms with van der Waals surface area (Å²) in [6, 6.07) is 5.78. The Hall–Kier alpha value is -2.08. The van der Waals surface area contributed by atoms with Gasteiger partial charge < -0.3 is 14.6 Å². The largest absolute Gasteiger partial charge is 0.390 e. The summed E-state index contributed by atoms with van der Waals surface area (Å²) in [5.41, 5.74) is 1.66. The van der Waals surface area contributed by atoms with Gasteiger partial charge in [0.2, 0.25) is 5.91 Å². The number of amides is 1.